The molecule has 18 heteroatoms. The number of unbranched alkanes of at least 4 members (excludes halogenated alkanes) is 1. The van der Waals surface area contributed by atoms with E-state index in [2.05, 4.69) is 21.3 Å². The summed E-state index contributed by atoms with van der Waals surface area (Å²) in [4.78, 5) is 78.0. The summed E-state index contributed by atoms with van der Waals surface area (Å²) in [6.45, 7) is 9.57. The van der Waals surface area contributed by atoms with Gasteiger partial charge in [0.2, 0.25) is 5.91 Å². The van der Waals surface area contributed by atoms with Crippen LogP contribution in [0.25, 0.3) is 0 Å². The van der Waals surface area contributed by atoms with Gasteiger partial charge in [-0.25, -0.2) is 14.4 Å². The number of halogens is 2. The van der Waals surface area contributed by atoms with Crippen LogP contribution in [0.15, 0.2) is 48.5 Å². The van der Waals surface area contributed by atoms with Crippen molar-refractivity contribution in [2.75, 3.05) is 19.8 Å². The van der Waals surface area contributed by atoms with Crippen molar-refractivity contribution in [2.24, 2.45) is 0 Å². The first kappa shape index (κ1) is 43.0. The molecule has 2 atom stereocenters. The van der Waals surface area contributed by atoms with Crippen molar-refractivity contribution in [3.05, 3.63) is 69.7 Å². The Hall–Kier alpha value is -4.41. The van der Waals surface area contributed by atoms with E-state index in [1.807, 2.05) is 0 Å². The molecule has 1 heterocycles. The molecule has 1 aliphatic heterocycles. The average molecular weight is 798 g/mol. The predicted molar refractivity (Wildman–Crippen MR) is 200 cm³/mol. The Bertz CT molecular complexity index is 1600. The summed E-state index contributed by atoms with van der Waals surface area (Å²) >= 11 is 13.0. The Labute approximate surface area is 323 Å². The van der Waals surface area contributed by atoms with Crippen LogP contribution >= 0.6 is 35.1 Å². The van der Waals surface area contributed by atoms with E-state index in [4.69, 9.17) is 37.4 Å². The van der Waals surface area contributed by atoms with Crippen LogP contribution in [0.4, 0.5) is 14.4 Å². The Balaban J connectivity index is 1.60. The number of hydrogen-bond acceptors (Lipinski definition) is 10. The molecule has 0 radical (unpaired) electrons. The van der Waals surface area contributed by atoms with Crippen LogP contribution in [0.2, 0.25) is 10.0 Å². The number of rotatable bonds is 15. The Morgan fingerprint density at radius 1 is 0.830 bits per heavy atom. The number of carbonyl (C=O) groups excluding carboxylic acids is 6. The lowest BCUT2D eigenvalue weighted by atomic mass is 10.1. The fourth-order valence-corrected chi connectivity index (χ4v) is 5.86. The van der Waals surface area contributed by atoms with Crippen LogP contribution in [0.3, 0.4) is 0 Å². The molecule has 1 saturated heterocycles. The van der Waals surface area contributed by atoms with Crippen molar-refractivity contribution in [1.82, 2.24) is 30.5 Å². The quantitative estimate of drug-likeness (QED) is 0.0744. The van der Waals surface area contributed by atoms with Crippen LogP contribution in [-0.2, 0) is 30.3 Å². The maximum Gasteiger partial charge on any atom is 0.408 e. The summed E-state index contributed by atoms with van der Waals surface area (Å²) in [6, 6.07) is 11.5. The summed E-state index contributed by atoms with van der Waals surface area (Å²) < 4.78 is 17.3. The minimum atomic E-state index is -1.08. The van der Waals surface area contributed by atoms with Gasteiger partial charge in [-0.05, 0) is 103 Å². The Morgan fingerprint density at radius 2 is 1.42 bits per heavy atom. The van der Waals surface area contributed by atoms with Gasteiger partial charge < -0.3 is 35.5 Å². The first-order valence-electron chi connectivity index (χ1n) is 16.7. The molecular weight excluding hydrogens is 751 g/mol. The van der Waals surface area contributed by atoms with Crippen LogP contribution in [0.5, 0.6) is 0 Å². The van der Waals surface area contributed by atoms with Gasteiger partial charge in [0.25, 0.3) is 5.91 Å². The second-order valence-electron chi connectivity index (χ2n) is 13.8. The molecule has 2 aromatic carbocycles. The number of hydrogen-bond donors (Lipinski definition) is 4. The molecule has 0 aliphatic carbocycles. The smallest absolute Gasteiger partial charge is 0.408 e. The molecule has 2 aromatic rings. The Kier molecular flexibility index (Phi) is 15.9. The zero-order valence-electron chi connectivity index (χ0n) is 30.5. The number of ether oxygens (including phenoxy) is 3. The van der Waals surface area contributed by atoms with Gasteiger partial charge >= 0.3 is 24.2 Å². The third-order valence-corrected chi connectivity index (χ3v) is 8.55. The number of benzene rings is 2. The van der Waals surface area contributed by atoms with Crippen molar-refractivity contribution in [3.63, 3.8) is 0 Å². The largest absolute Gasteiger partial charge is 0.444 e. The lowest BCUT2D eigenvalue weighted by molar-refractivity contribution is -0.147. The number of nitrogens with one attached hydrogen (secondary N) is 4. The van der Waals surface area contributed by atoms with Gasteiger partial charge in [0, 0.05) is 34.1 Å². The van der Waals surface area contributed by atoms with Crippen molar-refractivity contribution >= 4 is 71.2 Å². The van der Waals surface area contributed by atoms with E-state index in [9.17, 15) is 28.8 Å². The summed E-state index contributed by atoms with van der Waals surface area (Å²) in [6.07, 6.45) is -0.358. The van der Waals surface area contributed by atoms with Crippen molar-refractivity contribution in [1.29, 1.82) is 0 Å². The van der Waals surface area contributed by atoms with E-state index in [-0.39, 0.29) is 19.5 Å². The molecule has 0 saturated carbocycles. The number of urea groups is 1. The SMILES string of the molecule is CC(C)(C)OC(=O)NCCCC[C@H](NC(=O)OC(C)(C)C)C(=O)NCC(=O)OCN1C(=O)N(Cc2ccc(Cl)cc2)SC1NC(=O)c1ccc(Cl)cc1. The maximum atomic E-state index is 13.5. The fraction of sp³-hybridized carbons (Fsp3) is 0.486. The van der Waals surface area contributed by atoms with Crippen molar-refractivity contribution < 1.29 is 43.0 Å². The zero-order valence-corrected chi connectivity index (χ0v) is 32.8. The summed E-state index contributed by atoms with van der Waals surface area (Å²) in [5.41, 5.74) is -1.36. The molecule has 3 rings (SSSR count). The highest BCUT2D eigenvalue weighted by molar-refractivity contribution is 7.98. The molecule has 1 fully saturated rings. The van der Waals surface area contributed by atoms with E-state index in [0.29, 0.717) is 28.5 Å². The zero-order chi connectivity index (χ0) is 39.3. The van der Waals surface area contributed by atoms with E-state index in [1.54, 1.807) is 77.9 Å². The molecule has 0 aromatic heterocycles. The van der Waals surface area contributed by atoms with Gasteiger partial charge in [0.05, 0.1) is 6.54 Å². The molecule has 15 nitrogen and oxygen atoms in total. The highest BCUT2D eigenvalue weighted by atomic mass is 35.5. The lowest BCUT2D eigenvalue weighted by Gasteiger charge is -2.24. The van der Waals surface area contributed by atoms with Gasteiger partial charge in [0.1, 0.15) is 23.8 Å². The summed E-state index contributed by atoms with van der Waals surface area (Å²) in [5, 5.41) is 11.4. The van der Waals surface area contributed by atoms with Gasteiger partial charge in [-0.1, -0.05) is 35.3 Å². The number of carbonyl (C=O) groups is 6. The summed E-state index contributed by atoms with van der Waals surface area (Å²) in [7, 11) is 0. The van der Waals surface area contributed by atoms with E-state index in [0.717, 1.165) is 22.4 Å². The number of nitrogens with zero attached hydrogens (tertiary/aromatic N) is 2. The second kappa shape index (κ2) is 19.6. The predicted octanol–water partition coefficient (Wildman–Crippen LogP) is 5.80. The monoisotopic (exact) mass is 796 g/mol. The molecule has 0 spiro atoms. The third kappa shape index (κ3) is 15.6. The minimum Gasteiger partial charge on any atom is -0.444 e. The average Bonchev–Trinajstić information content (AvgIpc) is 3.33. The van der Waals surface area contributed by atoms with E-state index >= 15 is 0 Å². The highest BCUT2D eigenvalue weighted by Gasteiger charge is 2.40. The maximum absolute atomic E-state index is 13.5. The molecule has 53 heavy (non-hydrogen) atoms. The van der Waals surface area contributed by atoms with Crippen molar-refractivity contribution in [2.45, 2.75) is 90.1 Å². The minimum absolute atomic E-state index is 0.161. The van der Waals surface area contributed by atoms with Crippen LogP contribution in [0.1, 0.15) is 76.7 Å². The summed E-state index contributed by atoms with van der Waals surface area (Å²) in [5.74, 6) is -2.05. The molecule has 6 amide bonds. The van der Waals surface area contributed by atoms with E-state index < -0.39 is 72.0 Å². The number of amides is 6. The van der Waals surface area contributed by atoms with Crippen LogP contribution < -0.4 is 21.3 Å². The number of esters is 1. The highest BCUT2D eigenvalue weighted by Crippen LogP contribution is 2.31. The third-order valence-electron chi connectivity index (χ3n) is 6.94. The fourth-order valence-electron chi connectivity index (χ4n) is 4.52. The van der Waals surface area contributed by atoms with Crippen LogP contribution in [-0.4, -0.2) is 87.8 Å². The van der Waals surface area contributed by atoms with Gasteiger partial charge in [-0.2, -0.15) is 0 Å². The Morgan fingerprint density at radius 3 is 2.02 bits per heavy atom. The molecule has 1 aliphatic rings. The standard InChI is InChI=1S/C35H46Cl2N6O9S/c1-34(2,3)51-31(47)38-18-8-7-9-26(40-32(48)52-35(4,5)6)29(46)39-19-27(44)50-21-42-30(41-28(45)23-12-16-25(37)17-13-23)53-43(33(42)49)20-22-10-14-24(36)15-11-22/h10-17,26,30H,7-9,18-21H2,1-6H3,(H,38,47)(H,39,46)(H,40,48)(H,41,45)/t26-,30?/m0/s1. The molecule has 0 bridgehead atoms. The topological polar surface area (TPSA) is 185 Å². The van der Waals surface area contributed by atoms with Gasteiger partial charge in [0.15, 0.2) is 12.2 Å². The van der Waals surface area contributed by atoms with Gasteiger partial charge in [-0.15, -0.1) is 0 Å². The molecule has 4 N–H and O–H groups in total. The molecular formula is C35H46Cl2N6O9S. The van der Waals surface area contributed by atoms with Crippen LogP contribution in [0, 0.1) is 0 Å². The lowest BCUT2D eigenvalue weighted by Crippen LogP contribution is -2.49. The molecule has 1 unspecified atom stereocenters. The van der Waals surface area contributed by atoms with E-state index in [1.165, 1.54) is 16.4 Å². The second-order valence-corrected chi connectivity index (χ2v) is 15.8. The van der Waals surface area contributed by atoms with Crippen molar-refractivity contribution in [3.8, 4) is 0 Å². The van der Waals surface area contributed by atoms with Gasteiger partial charge in [-0.3, -0.25) is 23.6 Å². The normalized spacial score (nSPS) is 14.9. The first-order chi connectivity index (χ1) is 24.8. The molecule has 290 valence electrons. The first-order valence-corrected chi connectivity index (χ1v) is 18.3. The number of alkyl carbamates (subject to hydrolysis) is 2.